The highest BCUT2D eigenvalue weighted by molar-refractivity contribution is 6.47. The molecule has 0 N–H and O–H groups in total. The van der Waals surface area contributed by atoms with Gasteiger partial charge < -0.3 is 9.64 Å². The Balaban J connectivity index is 4.88. The molecule has 0 rings (SSSR count). The van der Waals surface area contributed by atoms with Crippen LogP contribution in [0, 0.1) is 0 Å². The second-order valence-electron chi connectivity index (χ2n) is 3.11. The summed E-state index contributed by atoms with van der Waals surface area (Å²) in [4.78, 5) is 35.1. The molecule has 0 heterocycles. The minimum atomic E-state index is -0.999. The van der Waals surface area contributed by atoms with Gasteiger partial charge in [0.1, 0.15) is 0 Å². The van der Waals surface area contributed by atoms with Crippen LogP contribution in [-0.4, -0.2) is 43.1 Å². The molecule has 15 heavy (non-hydrogen) atoms. The first-order valence-electron chi connectivity index (χ1n) is 4.50. The van der Waals surface area contributed by atoms with Crippen molar-refractivity contribution in [2.24, 2.45) is 0 Å². The molecule has 0 aromatic carbocycles. The molecule has 0 aromatic rings. The molecule has 0 spiro atoms. The van der Waals surface area contributed by atoms with Crippen LogP contribution in [0.25, 0.3) is 0 Å². The number of carbonyl (C=O) groups is 3. The van der Waals surface area contributed by atoms with E-state index >= 15 is 0 Å². The Morgan fingerprint density at radius 2 is 1.80 bits per heavy atom. The molecule has 0 saturated carbocycles. The monoisotopic (exact) mass is 213 g/mol. The molecule has 0 saturated heterocycles. The molecule has 0 aromatic heterocycles. The van der Waals surface area contributed by atoms with Crippen LogP contribution in [0.5, 0.6) is 0 Å². The maximum Gasteiger partial charge on any atom is 0.379 e. The van der Waals surface area contributed by atoms with Crippen molar-refractivity contribution in [1.29, 1.82) is 0 Å². The molecule has 0 aliphatic heterocycles. The smallest absolute Gasteiger partial charge is 0.379 e. The molecule has 0 unspecified atom stereocenters. The molecule has 5 nitrogen and oxygen atoms in total. The maximum absolute atomic E-state index is 11.4. The summed E-state index contributed by atoms with van der Waals surface area (Å²) in [5.41, 5.74) is -0.168. The van der Waals surface area contributed by atoms with Gasteiger partial charge in [-0.1, -0.05) is 0 Å². The zero-order chi connectivity index (χ0) is 12.0. The second kappa shape index (κ2) is 5.95. The molecule has 5 heteroatoms. The fourth-order valence-corrected chi connectivity index (χ4v) is 0.874. The van der Waals surface area contributed by atoms with Gasteiger partial charge >= 0.3 is 5.97 Å². The van der Waals surface area contributed by atoms with E-state index in [-0.39, 0.29) is 12.2 Å². The van der Waals surface area contributed by atoms with E-state index in [4.69, 9.17) is 0 Å². The lowest BCUT2D eigenvalue weighted by molar-refractivity contribution is -0.152. The van der Waals surface area contributed by atoms with Crippen molar-refractivity contribution in [3.05, 3.63) is 11.8 Å². The Kier molecular flexibility index (Phi) is 5.30. The van der Waals surface area contributed by atoms with Crippen LogP contribution in [0.1, 0.15) is 13.8 Å². The maximum atomic E-state index is 11.4. The predicted octanol–water partition coefficient (Wildman–Crippen LogP) is 0.153. The van der Waals surface area contributed by atoms with Crippen molar-refractivity contribution in [1.82, 2.24) is 4.90 Å². The largest absolute Gasteiger partial charge is 0.460 e. The first-order valence-corrected chi connectivity index (χ1v) is 4.50. The standard InChI is InChI=1S/C10H15NO4/c1-5-15-10(14)9(13)8(7(2)12)6-11(3)4/h6H,5H2,1-4H3. The zero-order valence-corrected chi connectivity index (χ0v) is 9.36. The van der Waals surface area contributed by atoms with Gasteiger partial charge in [-0.25, -0.2) is 4.79 Å². The summed E-state index contributed by atoms with van der Waals surface area (Å²) in [5.74, 6) is -2.36. The highest BCUT2D eigenvalue weighted by atomic mass is 16.5. The summed E-state index contributed by atoms with van der Waals surface area (Å²) in [6, 6.07) is 0. The zero-order valence-electron chi connectivity index (χ0n) is 9.36. The van der Waals surface area contributed by atoms with E-state index in [1.165, 1.54) is 18.0 Å². The lowest BCUT2D eigenvalue weighted by atomic mass is 10.1. The van der Waals surface area contributed by atoms with Crippen LogP contribution in [0.15, 0.2) is 11.8 Å². The number of hydrogen-bond donors (Lipinski definition) is 0. The van der Waals surface area contributed by atoms with Crippen LogP contribution in [0.4, 0.5) is 0 Å². The van der Waals surface area contributed by atoms with Gasteiger partial charge in [0.05, 0.1) is 12.2 Å². The summed E-state index contributed by atoms with van der Waals surface area (Å²) < 4.78 is 4.52. The van der Waals surface area contributed by atoms with Crippen molar-refractivity contribution in [3.8, 4) is 0 Å². The van der Waals surface area contributed by atoms with Gasteiger partial charge in [0.15, 0.2) is 5.78 Å². The normalized spacial score (nSPS) is 10.8. The molecule has 0 aliphatic rings. The molecule has 0 radical (unpaired) electrons. The van der Waals surface area contributed by atoms with Gasteiger partial charge in [0.25, 0.3) is 5.78 Å². The van der Waals surface area contributed by atoms with E-state index in [2.05, 4.69) is 4.74 Å². The third-order valence-electron chi connectivity index (χ3n) is 1.47. The summed E-state index contributed by atoms with van der Waals surface area (Å²) in [6.07, 6.45) is 1.31. The Bertz CT molecular complexity index is 305. The van der Waals surface area contributed by atoms with E-state index in [9.17, 15) is 14.4 Å². The Hall–Kier alpha value is -1.65. The van der Waals surface area contributed by atoms with Crippen molar-refractivity contribution >= 4 is 17.5 Å². The van der Waals surface area contributed by atoms with Crippen LogP contribution in [-0.2, 0) is 19.1 Å². The van der Waals surface area contributed by atoms with Gasteiger partial charge in [-0.2, -0.15) is 0 Å². The van der Waals surface area contributed by atoms with Gasteiger partial charge in [-0.3, -0.25) is 9.59 Å². The summed E-state index contributed by atoms with van der Waals surface area (Å²) in [6.45, 7) is 2.93. The third-order valence-corrected chi connectivity index (χ3v) is 1.47. The molecular formula is C10H15NO4. The van der Waals surface area contributed by atoms with Crippen LogP contribution < -0.4 is 0 Å². The van der Waals surface area contributed by atoms with Crippen LogP contribution in [0.3, 0.4) is 0 Å². The minimum absolute atomic E-state index is 0.109. The number of ether oxygens (including phenoxy) is 1. The lowest BCUT2D eigenvalue weighted by Crippen LogP contribution is -2.24. The molecule has 0 aliphatic carbocycles. The molecule has 0 fully saturated rings. The van der Waals surface area contributed by atoms with Crippen LogP contribution >= 0.6 is 0 Å². The Morgan fingerprint density at radius 3 is 2.13 bits per heavy atom. The fraction of sp³-hybridized carbons (Fsp3) is 0.500. The number of Topliss-reactive ketones (excluding diaryl/α,β-unsaturated/α-hetero) is 2. The van der Waals surface area contributed by atoms with Gasteiger partial charge in [0.2, 0.25) is 0 Å². The average molecular weight is 213 g/mol. The number of ketones is 2. The minimum Gasteiger partial charge on any atom is -0.460 e. The predicted molar refractivity (Wildman–Crippen MR) is 54.1 cm³/mol. The van der Waals surface area contributed by atoms with E-state index in [1.54, 1.807) is 21.0 Å². The number of rotatable bonds is 5. The molecule has 0 amide bonds. The Labute approximate surface area is 88.7 Å². The van der Waals surface area contributed by atoms with Gasteiger partial charge in [-0.05, 0) is 13.8 Å². The van der Waals surface area contributed by atoms with Gasteiger partial charge in [0, 0.05) is 20.3 Å². The van der Waals surface area contributed by atoms with E-state index < -0.39 is 17.5 Å². The van der Waals surface area contributed by atoms with Crippen molar-refractivity contribution in [2.45, 2.75) is 13.8 Å². The SMILES string of the molecule is CCOC(=O)C(=O)C(=CN(C)C)C(C)=O. The number of esters is 1. The van der Waals surface area contributed by atoms with Crippen molar-refractivity contribution < 1.29 is 19.1 Å². The van der Waals surface area contributed by atoms with Crippen LogP contribution in [0.2, 0.25) is 0 Å². The first kappa shape index (κ1) is 13.4. The first-order chi connectivity index (χ1) is 6.90. The summed E-state index contributed by atoms with van der Waals surface area (Å²) in [7, 11) is 3.31. The van der Waals surface area contributed by atoms with Crippen molar-refractivity contribution in [2.75, 3.05) is 20.7 Å². The highest BCUT2D eigenvalue weighted by Gasteiger charge is 2.23. The average Bonchev–Trinajstić information content (AvgIpc) is 2.12. The van der Waals surface area contributed by atoms with E-state index in [1.807, 2.05) is 0 Å². The molecule has 0 atom stereocenters. The quantitative estimate of drug-likeness (QED) is 0.214. The van der Waals surface area contributed by atoms with E-state index in [0.717, 1.165) is 0 Å². The summed E-state index contributed by atoms with van der Waals surface area (Å²) >= 11 is 0. The third kappa shape index (κ3) is 4.39. The Morgan fingerprint density at radius 1 is 1.27 bits per heavy atom. The van der Waals surface area contributed by atoms with Crippen molar-refractivity contribution in [3.63, 3.8) is 0 Å². The fourth-order valence-electron chi connectivity index (χ4n) is 0.874. The molecule has 0 bridgehead atoms. The molecule has 84 valence electrons. The topological polar surface area (TPSA) is 63.7 Å². The number of nitrogens with zero attached hydrogens (tertiary/aromatic N) is 1. The number of carbonyl (C=O) groups excluding carboxylic acids is 3. The molecular weight excluding hydrogens is 198 g/mol. The van der Waals surface area contributed by atoms with Gasteiger partial charge in [-0.15, -0.1) is 0 Å². The second-order valence-corrected chi connectivity index (χ2v) is 3.11. The highest BCUT2D eigenvalue weighted by Crippen LogP contribution is 2.01. The lowest BCUT2D eigenvalue weighted by Gasteiger charge is -2.08. The number of hydrogen-bond acceptors (Lipinski definition) is 5. The summed E-state index contributed by atoms with van der Waals surface area (Å²) in [5, 5.41) is 0. The van der Waals surface area contributed by atoms with E-state index in [0.29, 0.717) is 0 Å².